The highest BCUT2D eigenvalue weighted by molar-refractivity contribution is 5.90. The van der Waals surface area contributed by atoms with E-state index in [1.165, 1.54) is 10.8 Å². The van der Waals surface area contributed by atoms with Crippen molar-refractivity contribution < 1.29 is 38.5 Å². The molecule has 1 aromatic rings. The van der Waals surface area contributed by atoms with E-state index in [4.69, 9.17) is 9.47 Å². The maximum atomic E-state index is 12.8. The van der Waals surface area contributed by atoms with E-state index in [2.05, 4.69) is 15.4 Å². The van der Waals surface area contributed by atoms with Gasteiger partial charge < -0.3 is 30.0 Å². The van der Waals surface area contributed by atoms with E-state index in [1.807, 2.05) is 0 Å². The third kappa shape index (κ3) is 8.96. The van der Waals surface area contributed by atoms with Crippen LogP contribution >= 0.6 is 0 Å². The number of aliphatic hydroxyl groups is 1. The molecular formula is C21H33N3O8. The Morgan fingerprint density at radius 1 is 1.00 bits per heavy atom. The number of aliphatic hydroxyl groups excluding tert-OH is 1. The summed E-state index contributed by atoms with van der Waals surface area (Å²) in [6.07, 6.45) is -0.184. The predicted molar refractivity (Wildman–Crippen MR) is 114 cm³/mol. The van der Waals surface area contributed by atoms with Crippen molar-refractivity contribution in [1.29, 1.82) is 0 Å². The average Bonchev–Trinajstić information content (AvgIpc) is 3.10. The lowest BCUT2D eigenvalue weighted by molar-refractivity contribution is -0.146. The normalized spacial score (nSPS) is 13.5. The Morgan fingerprint density at radius 2 is 1.59 bits per heavy atom. The number of hydrogen-bond acceptors (Lipinski definition) is 8. The third-order valence-corrected chi connectivity index (χ3v) is 3.83. The fourth-order valence-corrected chi connectivity index (χ4v) is 2.53. The Balaban J connectivity index is 3.13. The van der Waals surface area contributed by atoms with E-state index in [0.29, 0.717) is 5.69 Å². The van der Waals surface area contributed by atoms with Gasteiger partial charge in [-0.25, -0.2) is 14.4 Å². The van der Waals surface area contributed by atoms with Gasteiger partial charge in [0.25, 0.3) is 0 Å². The van der Waals surface area contributed by atoms with Crippen LogP contribution in [0.3, 0.4) is 0 Å². The van der Waals surface area contributed by atoms with Gasteiger partial charge in [0.15, 0.2) is 6.04 Å². The Morgan fingerprint density at radius 3 is 2.09 bits per heavy atom. The number of methoxy groups -OCH3 is 1. The molecule has 32 heavy (non-hydrogen) atoms. The van der Waals surface area contributed by atoms with Gasteiger partial charge >= 0.3 is 18.2 Å². The van der Waals surface area contributed by atoms with Gasteiger partial charge in [0, 0.05) is 18.3 Å². The SMILES string of the molecule is COC(=O)[C@H](CO)NC(=O)[C@H](Cc1cccn1C(=O)OC(C)(C)C)NC(=O)OC(C)(C)C. The first-order chi connectivity index (χ1) is 14.7. The molecule has 180 valence electrons. The highest BCUT2D eigenvalue weighted by Gasteiger charge is 2.30. The van der Waals surface area contributed by atoms with Crippen LogP contribution in [-0.2, 0) is 30.2 Å². The number of hydrogen-bond donors (Lipinski definition) is 3. The molecule has 3 N–H and O–H groups in total. The zero-order valence-electron chi connectivity index (χ0n) is 19.6. The molecule has 0 aliphatic rings. The van der Waals surface area contributed by atoms with Crippen LogP contribution in [0.1, 0.15) is 47.2 Å². The minimum atomic E-state index is -1.33. The van der Waals surface area contributed by atoms with Gasteiger partial charge in [-0.15, -0.1) is 0 Å². The molecule has 0 bridgehead atoms. The molecule has 0 unspecified atom stereocenters. The topological polar surface area (TPSA) is 145 Å². The molecule has 1 aromatic heterocycles. The molecule has 11 nitrogen and oxygen atoms in total. The van der Waals surface area contributed by atoms with E-state index < -0.39 is 54.0 Å². The van der Waals surface area contributed by atoms with E-state index in [1.54, 1.807) is 53.7 Å². The molecule has 0 fully saturated rings. The van der Waals surface area contributed by atoms with Crippen molar-refractivity contribution >= 4 is 24.1 Å². The molecule has 0 saturated carbocycles. The Labute approximate surface area is 187 Å². The zero-order chi connectivity index (χ0) is 24.7. The highest BCUT2D eigenvalue weighted by Crippen LogP contribution is 2.14. The highest BCUT2D eigenvalue weighted by atomic mass is 16.6. The minimum absolute atomic E-state index is 0.128. The quantitative estimate of drug-likeness (QED) is 0.413. The number of aromatic nitrogens is 1. The lowest BCUT2D eigenvalue weighted by Crippen LogP contribution is -2.54. The van der Waals surface area contributed by atoms with Gasteiger partial charge in [-0.05, 0) is 53.7 Å². The molecule has 0 aliphatic heterocycles. The Bertz CT molecular complexity index is 820. The number of rotatable bonds is 7. The maximum absolute atomic E-state index is 12.8. The fourth-order valence-electron chi connectivity index (χ4n) is 2.53. The molecule has 0 radical (unpaired) electrons. The molecule has 2 atom stereocenters. The van der Waals surface area contributed by atoms with Crippen LogP contribution < -0.4 is 10.6 Å². The summed E-state index contributed by atoms with van der Waals surface area (Å²) in [6, 6.07) is 0.616. The van der Waals surface area contributed by atoms with E-state index in [0.717, 1.165) is 7.11 Å². The van der Waals surface area contributed by atoms with Crippen LogP contribution in [-0.4, -0.2) is 70.7 Å². The zero-order valence-corrected chi connectivity index (χ0v) is 19.6. The first-order valence-electron chi connectivity index (χ1n) is 10.0. The van der Waals surface area contributed by atoms with Crippen molar-refractivity contribution in [3.05, 3.63) is 24.0 Å². The van der Waals surface area contributed by atoms with Crippen molar-refractivity contribution in [2.45, 2.75) is 71.2 Å². The summed E-state index contributed by atoms with van der Waals surface area (Å²) in [5.74, 6) is -1.63. The van der Waals surface area contributed by atoms with E-state index in [-0.39, 0.29) is 6.42 Å². The van der Waals surface area contributed by atoms with Gasteiger partial charge in [-0.1, -0.05) is 0 Å². The standard InChI is InChI=1S/C21H33N3O8/c1-20(2,3)31-18(28)23-14(16(26)22-15(12-25)17(27)30-7)11-13-9-8-10-24(13)19(29)32-21(4,5)6/h8-10,14-15,25H,11-12H2,1-7H3,(H,22,26)(H,23,28)/t14-,15-/m0/s1. The largest absolute Gasteiger partial charge is 0.467 e. The van der Waals surface area contributed by atoms with Gasteiger partial charge in [-0.2, -0.15) is 0 Å². The second-order valence-corrected chi connectivity index (χ2v) is 9.02. The van der Waals surface area contributed by atoms with Gasteiger partial charge in [0.05, 0.1) is 13.7 Å². The summed E-state index contributed by atoms with van der Waals surface area (Å²) in [5, 5.41) is 14.1. The number of nitrogens with one attached hydrogen (secondary N) is 2. The van der Waals surface area contributed by atoms with Crippen molar-refractivity contribution in [2.75, 3.05) is 13.7 Å². The van der Waals surface area contributed by atoms with E-state index in [9.17, 15) is 24.3 Å². The molecular weight excluding hydrogens is 422 g/mol. The summed E-state index contributed by atoms with van der Waals surface area (Å²) < 4.78 is 16.3. The first-order valence-corrected chi connectivity index (χ1v) is 10.0. The monoisotopic (exact) mass is 455 g/mol. The smallest absolute Gasteiger partial charge is 0.418 e. The number of esters is 1. The van der Waals surface area contributed by atoms with Crippen molar-refractivity contribution in [2.24, 2.45) is 0 Å². The third-order valence-electron chi connectivity index (χ3n) is 3.83. The molecule has 0 aliphatic carbocycles. The fraction of sp³-hybridized carbons (Fsp3) is 0.619. The average molecular weight is 456 g/mol. The summed E-state index contributed by atoms with van der Waals surface area (Å²) in [7, 11) is 1.11. The number of amides is 2. The summed E-state index contributed by atoms with van der Waals surface area (Å²) in [6.45, 7) is 9.44. The number of alkyl carbamates (subject to hydrolysis) is 1. The molecule has 0 spiro atoms. The van der Waals surface area contributed by atoms with Crippen molar-refractivity contribution in [3.63, 3.8) is 0 Å². The van der Waals surface area contributed by atoms with Crippen molar-refractivity contribution in [3.8, 4) is 0 Å². The number of ether oxygens (including phenoxy) is 3. The summed E-state index contributed by atoms with van der Waals surface area (Å²) >= 11 is 0. The summed E-state index contributed by atoms with van der Waals surface area (Å²) in [4.78, 5) is 49.4. The Kier molecular flexibility index (Phi) is 9.25. The predicted octanol–water partition coefficient (Wildman–Crippen LogP) is 1.36. The minimum Gasteiger partial charge on any atom is -0.467 e. The van der Waals surface area contributed by atoms with Crippen molar-refractivity contribution in [1.82, 2.24) is 15.2 Å². The number of nitrogens with zero attached hydrogens (tertiary/aromatic N) is 1. The second-order valence-electron chi connectivity index (χ2n) is 9.02. The molecule has 1 rings (SSSR count). The maximum Gasteiger partial charge on any atom is 0.418 e. The van der Waals surface area contributed by atoms with Crippen LogP contribution in [0.2, 0.25) is 0 Å². The first kappa shape index (κ1) is 27.0. The van der Waals surface area contributed by atoms with Crippen LogP contribution in [0, 0.1) is 0 Å². The molecule has 0 saturated heterocycles. The van der Waals surface area contributed by atoms with Crippen LogP contribution in [0.25, 0.3) is 0 Å². The number of carbonyl (C=O) groups excluding carboxylic acids is 4. The molecule has 1 heterocycles. The van der Waals surface area contributed by atoms with Gasteiger partial charge in [0.2, 0.25) is 5.91 Å². The van der Waals surface area contributed by atoms with Gasteiger partial charge in [-0.3, -0.25) is 9.36 Å². The lowest BCUT2D eigenvalue weighted by atomic mass is 10.1. The lowest BCUT2D eigenvalue weighted by Gasteiger charge is -2.25. The number of carbonyl (C=O) groups is 4. The van der Waals surface area contributed by atoms with Crippen LogP contribution in [0.5, 0.6) is 0 Å². The Hall–Kier alpha value is -3.08. The molecule has 2 amide bonds. The van der Waals surface area contributed by atoms with Crippen LogP contribution in [0.15, 0.2) is 18.3 Å². The summed E-state index contributed by atoms with van der Waals surface area (Å²) in [5.41, 5.74) is -1.19. The van der Waals surface area contributed by atoms with Crippen LogP contribution in [0.4, 0.5) is 9.59 Å². The van der Waals surface area contributed by atoms with Gasteiger partial charge in [0.1, 0.15) is 17.2 Å². The van der Waals surface area contributed by atoms with E-state index >= 15 is 0 Å². The molecule has 11 heteroatoms. The molecule has 0 aromatic carbocycles. The second kappa shape index (κ2) is 11.0.